The Kier molecular flexibility index (Phi) is 1.65. The van der Waals surface area contributed by atoms with E-state index in [1.807, 2.05) is 0 Å². The van der Waals surface area contributed by atoms with E-state index in [9.17, 15) is 0 Å². The van der Waals surface area contributed by atoms with Gasteiger partial charge in [0.15, 0.2) is 0 Å². The van der Waals surface area contributed by atoms with Crippen molar-refractivity contribution < 1.29 is 20.4 Å². The average Bonchev–Trinajstić information content (AvgIpc) is 0.722. The van der Waals surface area contributed by atoms with Crippen molar-refractivity contribution in [2.45, 2.75) is 24.5 Å². The van der Waals surface area contributed by atoms with Crippen LogP contribution in [0.25, 0.3) is 0 Å². The van der Waals surface area contributed by atoms with Crippen molar-refractivity contribution in [2.75, 3.05) is 0 Å². The van der Waals surface area contributed by atoms with E-state index in [1.54, 1.807) is 0 Å². The summed E-state index contributed by atoms with van der Waals surface area (Å²) < 4.78 is 0.500. The Labute approximate surface area is 45.4 Å². The SMILES string of the molecule is C[C](C)(C)[Ti]. The Hall–Kier alpha value is 0.714. The Balaban J connectivity index is 3.02. The fourth-order valence-electron chi connectivity index (χ4n) is 0. The normalized spacial score (nSPS) is 11.6. The van der Waals surface area contributed by atoms with E-state index in [-0.39, 0.29) is 0 Å². The maximum atomic E-state index is 2.19. The zero-order valence-electron chi connectivity index (χ0n) is 4.00. The van der Waals surface area contributed by atoms with Crippen LogP contribution in [0.5, 0.6) is 0 Å². The molecular weight excluding hydrogens is 95.9 g/mol. The summed E-state index contributed by atoms with van der Waals surface area (Å²) in [5, 5.41) is 0. The number of rotatable bonds is 0. The number of hydrogen-bond acceptors (Lipinski definition) is 0. The molecule has 0 atom stereocenters. The van der Waals surface area contributed by atoms with Gasteiger partial charge in [-0.05, 0) is 0 Å². The van der Waals surface area contributed by atoms with Gasteiger partial charge >= 0.3 is 44.9 Å². The van der Waals surface area contributed by atoms with Gasteiger partial charge in [-0.25, -0.2) is 0 Å². The quantitative estimate of drug-likeness (QED) is 0.411. The van der Waals surface area contributed by atoms with Crippen LogP contribution in [0.1, 0.15) is 20.8 Å². The molecule has 0 nitrogen and oxygen atoms in total. The summed E-state index contributed by atoms with van der Waals surface area (Å²) in [5.74, 6) is 0. The first-order valence-electron chi connectivity index (χ1n) is 1.75. The van der Waals surface area contributed by atoms with E-state index >= 15 is 0 Å². The number of hydrogen-bond donors (Lipinski definition) is 0. The molecule has 0 radical (unpaired) electrons. The van der Waals surface area contributed by atoms with Gasteiger partial charge in [0, 0.05) is 0 Å². The van der Waals surface area contributed by atoms with Crippen molar-refractivity contribution in [3.05, 3.63) is 0 Å². The van der Waals surface area contributed by atoms with Gasteiger partial charge in [-0.1, -0.05) is 0 Å². The van der Waals surface area contributed by atoms with Crippen LogP contribution in [-0.2, 0) is 20.4 Å². The predicted octanol–water partition coefficient (Wildman–Crippen LogP) is 1.75. The summed E-state index contributed by atoms with van der Waals surface area (Å²) in [4.78, 5) is 0. The van der Waals surface area contributed by atoms with Crippen LogP contribution in [0, 0.1) is 0 Å². The molecule has 0 saturated carbocycles. The summed E-state index contributed by atoms with van der Waals surface area (Å²) in [5.41, 5.74) is 0. The van der Waals surface area contributed by atoms with Gasteiger partial charge in [0.1, 0.15) is 0 Å². The molecule has 0 N–H and O–H groups in total. The van der Waals surface area contributed by atoms with E-state index in [1.165, 1.54) is 0 Å². The monoisotopic (exact) mass is 105 g/mol. The molecule has 1 heteroatoms. The molecular formula is C4H9Ti. The minimum atomic E-state index is 0.500. The van der Waals surface area contributed by atoms with Gasteiger partial charge in [-0.2, -0.15) is 0 Å². The van der Waals surface area contributed by atoms with Crippen molar-refractivity contribution in [2.24, 2.45) is 0 Å². The molecule has 0 aliphatic rings. The zero-order valence-corrected chi connectivity index (χ0v) is 5.56. The van der Waals surface area contributed by atoms with Crippen LogP contribution in [0.3, 0.4) is 0 Å². The molecule has 0 aromatic rings. The third kappa shape index (κ3) is 68.1. The summed E-state index contributed by atoms with van der Waals surface area (Å²) in [6, 6.07) is 0. The van der Waals surface area contributed by atoms with E-state index in [0.717, 1.165) is 0 Å². The molecule has 29 valence electrons. The van der Waals surface area contributed by atoms with Crippen LogP contribution in [0.4, 0.5) is 0 Å². The summed E-state index contributed by atoms with van der Waals surface area (Å²) in [6.07, 6.45) is 0. The third-order valence-corrected chi connectivity index (χ3v) is 0. The first-order chi connectivity index (χ1) is 2.00. The standard InChI is InChI=1S/C4H9.Ti/c1-4(2)3;/h1-3H3;. The fraction of sp³-hybridized carbons (Fsp3) is 1.00. The maximum absolute atomic E-state index is 2.19. The zero-order chi connectivity index (χ0) is 4.50. The van der Waals surface area contributed by atoms with Crippen LogP contribution < -0.4 is 0 Å². The Morgan fingerprint density at radius 3 is 1.20 bits per heavy atom. The molecule has 0 aliphatic carbocycles. The van der Waals surface area contributed by atoms with E-state index < -0.39 is 0 Å². The minimum absolute atomic E-state index is 0.500. The predicted molar refractivity (Wildman–Crippen MR) is 19.7 cm³/mol. The van der Waals surface area contributed by atoms with Crippen molar-refractivity contribution >= 4 is 0 Å². The van der Waals surface area contributed by atoms with E-state index in [4.69, 9.17) is 0 Å². The Morgan fingerprint density at radius 2 is 1.20 bits per heavy atom. The van der Waals surface area contributed by atoms with Crippen LogP contribution >= 0.6 is 0 Å². The van der Waals surface area contributed by atoms with E-state index in [0.29, 0.717) is 3.72 Å². The van der Waals surface area contributed by atoms with Gasteiger partial charge in [-0.3, -0.25) is 0 Å². The van der Waals surface area contributed by atoms with Gasteiger partial charge < -0.3 is 0 Å². The Morgan fingerprint density at radius 1 is 1.20 bits per heavy atom. The molecule has 0 saturated heterocycles. The van der Waals surface area contributed by atoms with Crippen molar-refractivity contribution in [3.8, 4) is 0 Å². The summed E-state index contributed by atoms with van der Waals surface area (Å²) >= 11 is 2.19. The molecule has 0 aromatic carbocycles. The molecule has 0 rings (SSSR count). The van der Waals surface area contributed by atoms with Crippen molar-refractivity contribution in [1.29, 1.82) is 0 Å². The second-order valence-corrected chi connectivity index (χ2v) is 4.59. The molecule has 0 amide bonds. The molecule has 5 heavy (non-hydrogen) atoms. The topological polar surface area (TPSA) is 0 Å². The molecule has 0 unspecified atom stereocenters. The van der Waals surface area contributed by atoms with E-state index in [2.05, 4.69) is 41.2 Å². The second-order valence-electron chi connectivity index (χ2n) is 2.25. The summed E-state index contributed by atoms with van der Waals surface area (Å²) in [6.45, 7) is 6.56. The van der Waals surface area contributed by atoms with Crippen LogP contribution in [0.15, 0.2) is 0 Å². The molecule has 0 bridgehead atoms. The first-order valence-corrected chi connectivity index (χ1v) is 2.53. The molecule has 0 fully saturated rings. The van der Waals surface area contributed by atoms with Crippen molar-refractivity contribution in [3.63, 3.8) is 0 Å². The molecule has 0 aliphatic heterocycles. The van der Waals surface area contributed by atoms with Gasteiger partial charge in [0.05, 0.1) is 0 Å². The second kappa shape index (κ2) is 1.44. The van der Waals surface area contributed by atoms with Gasteiger partial charge in [0.2, 0.25) is 0 Å². The molecule has 0 spiro atoms. The molecule has 0 aromatic heterocycles. The molecule has 0 heterocycles. The van der Waals surface area contributed by atoms with Crippen molar-refractivity contribution in [1.82, 2.24) is 0 Å². The van der Waals surface area contributed by atoms with Crippen LogP contribution in [0.2, 0.25) is 3.72 Å². The summed E-state index contributed by atoms with van der Waals surface area (Å²) in [7, 11) is 0. The average molecular weight is 105 g/mol. The third-order valence-electron chi connectivity index (χ3n) is 0. The Bertz CT molecular complexity index is 19.1. The first kappa shape index (κ1) is 5.71. The van der Waals surface area contributed by atoms with Gasteiger partial charge in [-0.15, -0.1) is 0 Å². The van der Waals surface area contributed by atoms with Crippen LogP contribution in [-0.4, -0.2) is 0 Å². The fourth-order valence-corrected chi connectivity index (χ4v) is 0. The van der Waals surface area contributed by atoms with Gasteiger partial charge in [0.25, 0.3) is 0 Å².